The average molecular weight is 155 g/mol. The molecule has 0 bridgehead atoms. The van der Waals surface area contributed by atoms with Crippen LogP contribution in [-0.2, 0) is 0 Å². The van der Waals surface area contributed by atoms with Crippen molar-refractivity contribution in [2.24, 2.45) is 0 Å². The molecule has 56 valence electrons. The maximum absolute atomic E-state index is 8.43. The van der Waals surface area contributed by atoms with Crippen molar-refractivity contribution in [3.05, 3.63) is 35.7 Å². The van der Waals surface area contributed by atoms with Crippen LogP contribution in [-0.4, -0.2) is 4.98 Å². The molecule has 0 saturated heterocycles. The van der Waals surface area contributed by atoms with E-state index >= 15 is 0 Å². The lowest BCUT2D eigenvalue weighted by Gasteiger charge is -1.88. The topological polar surface area (TPSA) is 60.5 Å². The van der Waals surface area contributed by atoms with Crippen molar-refractivity contribution in [3.8, 4) is 12.1 Å². The summed E-state index contributed by atoms with van der Waals surface area (Å²) < 4.78 is 0. The molecule has 12 heavy (non-hydrogen) atoms. The SMILES string of the molecule is N#CC(C#N)=Cc1ccncc1. The highest BCUT2D eigenvalue weighted by Gasteiger charge is 1.91. The fourth-order valence-corrected chi connectivity index (χ4v) is 0.716. The number of nitriles is 2. The molecular formula is C9H5N3. The molecule has 0 spiro atoms. The molecule has 0 saturated carbocycles. The summed E-state index contributed by atoms with van der Waals surface area (Å²) in [7, 11) is 0. The zero-order valence-corrected chi connectivity index (χ0v) is 6.23. The monoisotopic (exact) mass is 155 g/mol. The van der Waals surface area contributed by atoms with Crippen LogP contribution >= 0.6 is 0 Å². The van der Waals surface area contributed by atoms with Crippen molar-refractivity contribution in [1.82, 2.24) is 4.98 Å². The van der Waals surface area contributed by atoms with Gasteiger partial charge in [0, 0.05) is 12.4 Å². The van der Waals surface area contributed by atoms with Crippen LogP contribution in [0.4, 0.5) is 0 Å². The summed E-state index contributed by atoms with van der Waals surface area (Å²) in [5, 5.41) is 16.9. The third-order valence-electron chi connectivity index (χ3n) is 1.26. The predicted octanol–water partition coefficient (Wildman–Crippen LogP) is 1.51. The van der Waals surface area contributed by atoms with E-state index in [1.54, 1.807) is 36.7 Å². The molecule has 0 aromatic carbocycles. The second-order valence-corrected chi connectivity index (χ2v) is 2.06. The molecule has 1 aromatic rings. The lowest BCUT2D eigenvalue weighted by atomic mass is 10.2. The molecule has 1 heterocycles. The first-order valence-corrected chi connectivity index (χ1v) is 3.28. The number of nitrogens with zero attached hydrogens (tertiary/aromatic N) is 3. The molecule has 0 radical (unpaired) electrons. The van der Waals surface area contributed by atoms with Crippen LogP contribution in [0, 0.1) is 22.7 Å². The fraction of sp³-hybridized carbons (Fsp3) is 0. The van der Waals surface area contributed by atoms with Gasteiger partial charge in [-0.2, -0.15) is 10.5 Å². The predicted molar refractivity (Wildman–Crippen MR) is 43.4 cm³/mol. The molecule has 3 nitrogen and oxygen atoms in total. The Labute approximate surface area is 70.2 Å². The molecule has 0 atom stereocenters. The summed E-state index contributed by atoms with van der Waals surface area (Å²) in [6.45, 7) is 0. The summed E-state index contributed by atoms with van der Waals surface area (Å²) >= 11 is 0. The van der Waals surface area contributed by atoms with Gasteiger partial charge in [0.05, 0.1) is 0 Å². The Morgan fingerprint density at radius 3 is 2.33 bits per heavy atom. The third kappa shape index (κ3) is 1.93. The number of aromatic nitrogens is 1. The minimum absolute atomic E-state index is 0.0983. The zero-order chi connectivity index (χ0) is 8.81. The maximum Gasteiger partial charge on any atom is 0.130 e. The van der Waals surface area contributed by atoms with Gasteiger partial charge in [-0.3, -0.25) is 4.98 Å². The summed E-state index contributed by atoms with van der Waals surface area (Å²) in [6.07, 6.45) is 4.73. The highest BCUT2D eigenvalue weighted by molar-refractivity contribution is 5.61. The van der Waals surface area contributed by atoms with Gasteiger partial charge in [0.2, 0.25) is 0 Å². The van der Waals surface area contributed by atoms with E-state index in [2.05, 4.69) is 4.98 Å². The molecule has 0 aliphatic rings. The van der Waals surface area contributed by atoms with Crippen molar-refractivity contribution in [2.75, 3.05) is 0 Å². The lowest BCUT2D eigenvalue weighted by Crippen LogP contribution is -1.75. The molecule has 0 fully saturated rings. The van der Waals surface area contributed by atoms with Crippen LogP contribution in [0.1, 0.15) is 5.56 Å². The number of rotatable bonds is 1. The van der Waals surface area contributed by atoms with Crippen molar-refractivity contribution < 1.29 is 0 Å². The summed E-state index contributed by atoms with van der Waals surface area (Å²) in [6, 6.07) is 7.02. The van der Waals surface area contributed by atoms with E-state index in [1.165, 1.54) is 6.08 Å². The van der Waals surface area contributed by atoms with E-state index in [0.717, 1.165) is 5.56 Å². The van der Waals surface area contributed by atoms with E-state index < -0.39 is 0 Å². The normalized spacial score (nSPS) is 7.83. The van der Waals surface area contributed by atoms with Gasteiger partial charge in [-0.25, -0.2) is 0 Å². The van der Waals surface area contributed by atoms with Crippen LogP contribution < -0.4 is 0 Å². The largest absolute Gasteiger partial charge is 0.265 e. The van der Waals surface area contributed by atoms with Gasteiger partial charge in [0.1, 0.15) is 17.7 Å². The Morgan fingerprint density at radius 1 is 1.25 bits per heavy atom. The Hall–Kier alpha value is -2.13. The minimum Gasteiger partial charge on any atom is -0.265 e. The maximum atomic E-state index is 8.43. The quantitative estimate of drug-likeness (QED) is 0.577. The smallest absolute Gasteiger partial charge is 0.130 e. The molecule has 0 aliphatic heterocycles. The summed E-state index contributed by atoms with van der Waals surface area (Å²) in [5.41, 5.74) is 0.907. The molecule has 0 unspecified atom stereocenters. The van der Waals surface area contributed by atoms with Gasteiger partial charge < -0.3 is 0 Å². The molecule has 1 rings (SSSR count). The summed E-state index contributed by atoms with van der Waals surface area (Å²) in [4.78, 5) is 3.81. The third-order valence-corrected chi connectivity index (χ3v) is 1.26. The molecule has 0 aliphatic carbocycles. The van der Waals surface area contributed by atoms with Gasteiger partial charge in [0.15, 0.2) is 0 Å². The van der Waals surface area contributed by atoms with E-state index in [9.17, 15) is 0 Å². The van der Waals surface area contributed by atoms with Crippen molar-refractivity contribution >= 4 is 6.08 Å². The first kappa shape index (κ1) is 7.97. The van der Waals surface area contributed by atoms with Crippen molar-refractivity contribution in [3.63, 3.8) is 0 Å². The molecule has 0 amide bonds. The Balaban J connectivity index is 2.98. The lowest BCUT2D eigenvalue weighted by molar-refractivity contribution is 1.32. The first-order valence-electron chi connectivity index (χ1n) is 3.28. The van der Waals surface area contributed by atoms with E-state index in [4.69, 9.17) is 10.5 Å². The Morgan fingerprint density at radius 2 is 1.83 bits per heavy atom. The standard InChI is InChI=1S/C9H5N3/c10-6-9(7-11)5-8-1-3-12-4-2-8/h1-5H. The van der Waals surface area contributed by atoms with Gasteiger partial charge in [0.25, 0.3) is 0 Å². The van der Waals surface area contributed by atoms with Crippen LogP contribution in [0.2, 0.25) is 0 Å². The first-order chi connectivity index (χ1) is 5.86. The Kier molecular flexibility index (Phi) is 2.59. The van der Waals surface area contributed by atoms with Crippen molar-refractivity contribution in [2.45, 2.75) is 0 Å². The van der Waals surface area contributed by atoms with Crippen LogP contribution in [0.15, 0.2) is 30.1 Å². The van der Waals surface area contributed by atoms with Crippen LogP contribution in [0.5, 0.6) is 0 Å². The van der Waals surface area contributed by atoms with E-state index in [0.29, 0.717) is 0 Å². The number of allylic oxidation sites excluding steroid dienone is 1. The second-order valence-electron chi connectivity index (χ2n) is 2.06. The van der Waals surface area contributed by atoms with Gasteiger partial charge in [-0.1, -0.05) is 0 Å². The average Bonchev–Trinajstić information content (AvgIpc) is 2.16. The second kappa shape index (κ2) is 3.90. The number of hydrogen-bond donors (Lipinski definition) is 0. The van der Waals surface area contributed by atoms with Crippen LogP contribution in [0.3, 0.4) is 0 Å². The van der Waals surface area contributed by atoms with Crippen LogP contribution in [0.25, 0.3) is 6.08 Å². The molecular weight excluding hydrogens is 150 g/mol. The van der Waals surface area contributed by atoms with E-state index in [1.807, 2.05) is 0 Å². The van der Waals surface area contributed by atoms with Gasteiger partial charge in [-0.15, -0.1) is 0 Å². The zero-order valence-electron chi connectivity index (χ0n) is 6.23. The van der Waals surface area contributed by atoms with Gasteiger partial charge in [-0.05, 0) is 23.8 Å². The van der Waals surface area contributed by atoms with E-state index in [-0.39, 0.29) is 5.57 Å². The number of hydrogen-bond acceptors (Lipinski definition) is 3. The number of pyridine rings is 1. The molecule has 0 N–H and O–H groups in total. The minimum atomic E-state index is 0.0983. The fourth-order valence-electron chi connectivity index (χ4n) is 0.716. The summed E-state index contributed by atoms with van der Waals surface area (Å²) in [5.74, 6) is 0. The van der Waals surface area contributed by atoms with Gasteiger partial charge >= 0.3 is 0 Å². The highest BCUT2D eigenvalue weighted by atomic mass is 14.6. The molecule has 3 heteroatoms. The Bertz CT molecular complexity index is 349. The van der Waals surface area contributed by atoms with Crippen molar-refractivity contribution in [1.29, 1.82) is 10.5 Å². The highest BCUT2D eigenvalue weighted by Crippen LogP contribution is 2.03. The molecule has 1 aromatic heterocycles.